The zero-order valence-corrected chi connectivity index (χ0v) is 24.9. The van der Waals surface area contributed by atoms with Crippen LogP contribution in [0.15, 0.2) is 23.4 Å². The number of fused-ring (bicyclic) bond motifs is 6. The lowest BCUT2D eigenvalue weighted by Gasteiger charge is -2.24. The van der Waals surface area contributed by atoms with Crippen LogP contribution < -0.4 is 5.56 Å². The molecule has 21 heteroatoms. The number of aryl methyl sites for hydroxylation is 1. The normalized spacial score (nSPS) is 30.9. The van der Waals surface area contributed by atoms with E-state index in [1.165, 1.54) is 23.2 Å². The molecule has 6 atom stereocenters. The Hall–Kier alpha value is -2.62. The number of aromatic amines is 1. The van der Waals surface area contributed by atoms with Crippen molar-refractivity contribution in [3.63, 3.8) is 0 Å². The first kappa shape index (κ1) is 29.5. The largest absolute Gasteiger partial charge is 0.387 e. The Bertz CT molecular complexity index is 1900. The molecule has 0 spiro atoms. The highest BCUT2D eigenvalue weighted by Crippen LogP contribution is 2.58. The molecule has 0 saturated carbocycles. The number of ether oxygens (including phenoxy) is 1. The molecule has 2 bridgehead atoms. The number of thiol groups is 1. The van der Waals surface area contributed by atoms with Gasteiger partial charge >= 0.3 is 13.5 Å². The number of imidazole rings is 2. The molecule has 4 aromatic heterocycles. The minimum atomic E-state index is -4.32. The molecular weight excluding hydrogens is 637 g/mol. The van der Waals surface area contributed by atoms with Crippen molar-refractivity contribution in [1.29, 1.82) is 0 Å². The van der Waals surface area contributed by atoms with Crippen molar-refractivity contribution in [3.05, 3.63) is 52.0 Å². The van der Waals surface area contributed by atoms with Crippen molar-refractivity contribution in [1.82, 2.24) is 34.1 Å². The third kappa shape index (κ3) is 5.67. The van der Waals surface area contributed by atoms with Gasteiger partial charge in [0, 0.05) is 12.7 Å². The van der Waals surface area contributed by atoms with Crippen LogP contribution in [0.3, 0.4) is 0 Å². The quantitative estimate of drug-likeness (QED) is 0.154. The van der Waals surface area contributed by atoms with Crippen molar-refractivity contribution < 1.29 is 36.7 Å². The van der Waals surface area contributed by atoms with Gasteiger partial charge < -0.3 is 28.2 Å². The summed E-state index contributed by atoms with van der Waals surface area (Å²) in [6.45, 7) is -0.494. The summed E-state index contributed by atoms with van der Waals surface area (Å²) in [4.78, 5) is 45.9. The van der Waals surface area contributed by atoms with E-state index in [0.29, 0.717) is 11.2 Å². The predicted molar refractivity (Wildman–Crippen MR) is 150 cm³/mol. The fourth-order valence-electron chi connectivity index (χ4n) is 4.62. The van der Waals surface area contributed by atoms with Crippen LogP contribution in [-0.4, -0.2) is 70.5 Å². The van der Waals surface area contributed by atoms with E-state index >= 15 is 4.39 Å². The van der Waals surface area contributed by atoms with Gasteiger partial charge in [0.2, 0.25) is 5.69 Å². The summed E-state index contributed by atoms with van der Waals surface area (Å²) in [5.74, 6) is 0.467. The monoisotopic (exact) mass is 658 g/mol. The first-order valence-corrected chi connectivity index (χ1v) is 17.5. The lowest BCUT2D eigenvalue weighted by molar-refractivity contribution is -0.0453. The van der Waals surface area contributed by atoms with Crippen LogP contribution in [0.25, 0.3) is 27.2 Å². The molecule has 0 aromatic carbocycles. The third-order valence-corrected chi connectivity index (χ3v) is 9.66. The van der Waals surface area contributed by atoms with Crippen LogP contribution in [0.2, 0.25) is 0 Å². The SMILES string of the molecule is [C-]#[N+]c1cnc2c(c1)nc1n2CCOP(O)(=S)OC[C@H]2O[C@@H](n3cnc4c(=O)[nH]c(C)nc43)[C@H](OP(=O)(S)OC1)[C@H]2F. The molecule has 4 aromatic rings. The molecule has 222 valence electrons. The number of hydrogen-bond donors (Lipinski definition) is 3. The highest BCUT2D eigenvalue weighted by atomic mass is 32.7. The molecule has 0 amide bonds. The second-order valence-electron chi connectivity index (χ2n) is 9.22. The van der Waals surface area contributed by atoms with Crippen molar-refractivity contribution in [2.24, 2.45) is 0 Å². The van der Waals surface area contributed by atoms with E-state index in [0.717, 1.165) is 0 Å². The van der Waals surface area contributed by atoms with Gasteiger partial charge in [-0.2, -0.15) is 0 Å². The Morgan fingerprint density at radius 2 is 2.10 bits per heavy atom. The first-order chi connectivity index (χ1) is 19.9. The lowest BCUT2D eigenvalue weighted by Crippen LogP contribution is -2.32. The molecule has 1 saturated heterocycles. The molecule has 0 aliphatic carbocycles. The Balaban J connectivity index is 1.38. The maximum absolute atomic E-state index is 15.9. The third-order valence-electron chi connectivity index (χ3n) is 6.45. The van der Waals surface area contributed by atoms with Crippen molar-refractivity contribution >= 4 is 65.6 Å². The summed E-state index contributed by atoms with van der Waals surface area (Å²) in [6.07, 6.45) is -3.79. The van der Waals surface area contributed by atoms with Crippen LogP contribution in [-0.2, 0) is 52.4 Å². The Morgan fingerprint density at radius 3 is 2.88 bits per heavy atom. The molecule has 2 aliphatic rings. The molecule has 6 heterocycles. The van der Waals surface area contributed by atoms with Crippen molar-refractivity contribution in [2.45, 2.75) is 44.7 Å². The molecule has 2 aliphatic heterocycles. The fourth-order valence-corrected chi connectivity index (χ4v) is 7.11. The van der Waals surface area contributed by atoms with Gasteiger partial charge in [-0.3, -0.25) is 18.4 Å². The molecule has 42 heavy (non-hydrogen) atoms. The Labute approximate surface area is 245 Å². The smallest absolute Gasteiger partial charge is 0.346 e. The van der Waals surface area contributed by atoms with Crippen LogP contribution in [0.5, 0.6) is 0 Å². The minimum Gasteiger partial charge on any atom is -0.346 e. The van der Waals surface area contributed by atoms with E-state index in [1.54, 1.807) is 11.5 Å². The summed E-state index contributed by atoms with van der Waals surface area (Å²) in [5.41, 5.74) is 0.438. The molecule has 1 fully saturated rings. The van der Waals surface area contributed by atoms with Crippen molar-refractivity contribution in [3.8, 4) is 0 Å². The van der Waals surface area contributed by atoms with Crippen LogP contribution in [0.4, 0.5) is 10.1 Å². The van der Waals surface area contributed by atoms with Gasteiger partial charge in [0.25, 0.3) is 5.56 Å². The number of pyridine rings is 1. The lowest BCUT2D eigenvalue weighted by atomic mass is 10.1. The number of hydrogen-bond acceptors (Lipinski definition) is 12. The van der Waals surface area contributed by atoms with Crippen LogP contribution >= 0.6 is 25.8 Å². The van der Waals surface area contributed by atoms with Gasteiger partial charge in [-0.1, -0.05) is 12.2 Å². The molecule has 6 rings (SSSR count). The van der Waals surface area contributed by atoms with E-state index < -0.39 is 56.9 Å². The van der Waals surface area contributed by atoms with Gasteiger partial charge in [-0.15, -0.1) is 0 Å². The molecular formula is C21H21FN8O8P2S2. The van der Waals surface area contributed by atoms with E-state index in [-0.39, 0.29) is 41.7 Å². The van der Waals surface area contributed by atoms with Gasteiger partial charge in [0.15, 0.2) is 29.2 Å². The minimum absolute atomic E-state index is 0.0429. The van der Waals surface area contributed by atoms with E-state index in [2.05, 4.69) is 42.0 Å². The van der Waals surface area contributed by atoms with E-state index in [1.807, 2.05) is 0 Å². The molecule has 2 unspecified atom stereocenters. The fraction of sp³-hybridized carbons (Fsp3) is 0.429. The number of alkyl halides is 1. The summed E-state index contributed by atoms with van der Waals surface area (Å²) < 4.78 is 60.0. The first-order valence-electron chi connectivity index (χ1n) is 12.2. The number of nitrogens with one attached hydrogen (secondary N) is 1. The Morgan fingerprint density at radius 1 is 1.29 bits per heavy atom. The zero-order valence-electron chi connectivity index (χ0n) is 21.4. The summed E-state index contributed by atoms with van der Waals surface area (Å²) >= 11 is 9.18. The highest BCUT2D eigenvalue weighted by molar-refractivity contribution is 8.44. The van der Waals surface area contributed by atoms with Crippen LogP contribution in [0, 0.1) is 13.5 Å². The van der Waals surface area contributed by atoms with Gasteiger partial charge in [-0.05, 0) is 24.8 Å². The van der Waals surface area contributed by atoms with Gasteiger partial charge in [0.05, 0.1) is 31.6 Å². The second-order valence-corrected chi connectivity index (χ2v) is 14.9. The average molecular weight is 659 g/mol. The molecule has 0 radical (unpaired) electrons. The maximum atomic E-state index is 15.9. The Kier molecular flexibility index (Phi) is 7.81. The van der Waals surface area contributed by atoms with Crippen LogP contribution in [0.1, 0.15) is 17.9 Å². The summed E-state index contributed by atoms with van der Waals surface area (Å²) in [7, 11) is 0. The summed E-state index contributed by atoms with van der Waals surface area (Å²) in [5, 5.41) is 0. The number of H-pyrrole nitrogens is 1. The van der Waals surface area contributed by atoms with E-state index in [9.17, 15) is 14.3 Å². The molecule has 2 N–H and O–H groups in total. The number of halogens is 1. The topological polar surface area (TPSA) is 182 Å². The average Bonchev–Trinajstić information content (AvgIpc) is 3.59. The standard InChI is InChI=1S/C21H21FN8O8P2S2/c1-10-26-19-16(20(31)27-10)25-9-30(19)21-17-15(22)13(37-21)7-35-39(32,41)34-4-3-29-14(8-36-40(33,42)38-17)28-12-5-11(23-2)6-24-18(12)29/h5-6,9,13,15,17,21H,3-4,7-8H2,1H3,(H,32,41)(H,33,42)(H,26,27,31)/t13-,15+,17-,21-,39?,40?/m1/s1. The number of nitrogens with zero attached hydrogens (tertiary/aromatic N) is 7. The molecule has 16 nitrogen and oxygen atoms in total. The number of aromatic nitrogens is 7. The van der Waals surface area contributed by atoms with Gasteiger partial charge in [-0.25, -0.2) is 33.7 Å². The predicted octanol–water partition coefficient (Wildman–Crippen LogP) is 2.86. The maximum Gasteiger partial charge on any atom is 0.387 e. The zero-order chi connectivity index (χ0) is 29.8. The number of rotatable bonds is 1. The second kappa shape index (κ2) is 11.1. The summed E-state index contributed by atoms with van der Waals surface area (Å²) in [6, 6.07) is 1.51. The van der Waals surface area contributed by atoms with Crippen molar-refractivity contribution in [2.75, 3.05) is 13.2 Å². The highest BCUT2D eigenvalue weighted by Gasteiger charge is 2.51. The van der Waals surface area contributed by atoms with Gasteiger partial charge in [0.1, 0.15) is 30.5 Å². The van der Waals surface area contributed by atoms with E-state index in [4.69, 9.17) is 41.2 Å².